The molecule has 1 fully saturated rings. The summed E-state index contributed by atoms with van der Waals surface area (Å²) in [5, 5.41) is 1.89. The van der Waals surface area contributed by atoms with E-state index in [0.717, 1.165) is 22.3 Å². The van der Waals surface area contributed by atoms with E-state index in [4.69, 9.17) is 4.74 Å². The number of aromatic nitrogens is 3. The molecule has 0 unspecified atom stereocenters. The highest BCUT2D eigenvalue weighted by atomic mass is 16.5. The van der Waals surface area contributed by atoms with Gasteiger partial charge in [-0.05, 0) is 18.4 Å². The van der Waals surface area contributed by atoms with Gasteiger partial charge in [-0.1, -0.05) is 24.3 Å². The van der Waals surface area contributed by atoms with Crippen molar-refractivity contribution in [3.63, 3.8) is 0 Å². The summed E-state index contributed by atoms with van der Waals surface area (Å²) in [6.45, 7) is 3.46. The van der Waals surface area contributed by atoms with E-state index in [-0.39, 0.29) is 12.0 Å². The second kappa shape index (κ2) is 6.05. The maximum absolute atomic E-state index is 13.0. The van der Waals surface area contributed by atoms with Gasteiger partial charge in [0.05, 0.1) is 13.2 Å². The number of morpholine rings is 1. The number of ether oxygens (including phenoxy) is 1. The van der Waals surface area contributed by atoms with E-state index < -0.39 is 0 Å². The number of fused-ring (bicyclic) bond motifs is 1. The van der Waals surface area contributed by atoms with Gasteiger partial charge in [0.1, 0.15) is 17.6 Å². The molecule has 2 aromatic heterocycles. The zero-order valence-corrected chi connectivity index (χ0v) is 13.4. The standard InChI is InChI=1S/C18H18N4O2/c1-12-10-20-17(21-12)15-11-22(8-9-24-15)18(23)16-14-5-3-2-4-13(14)6-7-19-16/h2-7,10,15H,8-9,11H2,1H3,(H,20,21)/t15-/m0/s1. The molecule has 0 saturated carbocycles. The number of nitrogens with one attached hydrogen (secondary N) is 1. The van der Waals surface area contributed by atoms with Crippen molar-refractivity contribution in [3.05, 3.63) is 59.9 Å². The maximum Gasteiger partial charge on any atom is 0.273 e. The Hall–Kier alpha value is -2.73. The van der Waals surface area contributed by atoms with Crippen molar-refractivity contribution in [1.82, 2.24) is 19.9 Å². The van der Waals surface area contributed by atoms with Crippen LogP contribution in [-0.2, 0) is 4.74 Å². The third-order valence-electron chi connectivity index (χ3n) is 4.26. The fourth-order valence-electron chi connectivity index (χ4n) is 3.04. The molecule has 1 atom stereocenters. The lowest BCUT2D eigenvalue weighted by atomic mass is 10.1. The van der Waals surface area contributed by atoms with Gasteiger partial charge in [0.15, 0.2) is 0 Å². The zero-order valence-electron chi connectivity index (χ0n) is 13.4. The summed E-state index contributed by atoms with van der Waals surface area (Å²) in [5.41, 5.74) is 1.47. The maximum atomic E-state index is 13.0. The van der Waals surface area contributed by atoms with Gasteiger partial charge in [-0.2, -0.15) is 0 Å². The van der Waals surface area contributed by atoms with Crippen molar-refractivity contribution >= 4 is 16.7 Å². The summed E-state index contributed by atoms with van der Waals surface area (Å²) < 4.78 is 5.77. The Balaban J connectivity index is 1.61. The first-order chi connectivity index (χ1) is 11.7. The average Bonchev–Trinajstić information content (AvgIpc) is 3.07. The van der Waals surface area contributed by atoms with E-state index in [1.165, 1.54) is 0 Å². The first-order valence-electron chi connectivity index (χ1n) is 7.98. The Labute approximate surface area is 139 Å². The number of H-pyrrole nitrogens is 1. The van der Waals surface area contributed by atoms with Gasteiger partial charge in [-0.15, -0.1) is 0 Å². The van der Waals surface area contributed by atoms with Crippen molar-refractivity contribution in [3.8, 4) is 0 Å². The van der Waals surface area contributed by atoms with E-state index in [9.17, 15) is 4.79 Å². The van der Waals surface area contributed by atoms with E-state index in [0.29, 0.717) is 25.4 Å². The highest BCUT2D eigenvalue weighted by molar-refractivity contribution is 6.05. The van der Waals surface area contributed by atoms with Gasteiger partial charge < -0.3 is 14.6 Å². The Kier molecular flexibility index (Phi) is 3.74. The van der Waals surface area contributed by atoms with Crippen molar-refractivity contribution in [2.24, 2.45) is 0 Å². The Morgan fingerprint density at radius 1 is 1.29 bits per heavy atom. The number of carbonyl (C=O) groups is 1. The number of nitrogens with zero attached hydrogens (tertiary/aromatic N) is 3. The molecule has 122 valence electrons. The van der Waals surface area contributed by atoms with Crippen molar-refractivity contribution in [1.29, 1.82) is 0 Å². The van der Waals surface area contributed by atoms with Crippen LogP contribution in [0.2, 0.25) is 0 Å². The Morgan fingerprint density at radius 2 is 2.17 bits per heavy atom. The fourth-order valence-corrected chi connectivity index (χ4v) is 3.04. The SMILES string of the molecule is Cc1cnc([C@@H]2CN(C(=O)c3nccc4ccccc34)CCO2)[nH]1. The van der Waals surface area contributed by atoms with Crippen LogP contribution >= 0.6 is 0 Å². The predicted molar refractivity (Wildman–Crippen MR) is 89.7 cm³/mol. The van der Waals surface area contributed by atoms with E-state index in [1.807, 2.05) is 37.3 Å². The molecule has 0 radical (unpaired) electrons. The molecule has 1 aromatic carbocycles. The molecule has 4 rings (SSSR count). The Bertz CT molecular complexity index is 884. The van der Waals surface area contributed by atoms with Gasteiger partial charge in [0.25, 0.3) is 5.91 Å². The van der Waals surface area contributed by atoms with Crippen LogP contribution in [0.15, 0.2) is 42.7 Å². The van der Waals surface area contributed by atoms with Crippen LogP contribution in [0.4, 0.5) is 0 Å². The number of aromatic amines is 1. The minimum atomic E-state index is -0.230. The molecular weight excluding hydrogens is 304 g/mol. The molecule has 6 nitrogen and oxygen atoms in total. The number of carbonyl (C=O) groups excluding carboxylic acids is 1. The van der Waals surface area contributed by atoms with Gasteiger partial charge in [-0.3, -0.25) is 9.78 Å². The largest absolute Gasteiger partial charge is 0.367 e. The number of pyridine rings is 1. The van der Waals surface area contributed by atoms with Gasteiger partial charge in [0.2, 0.25) is 0 Å². The number of imidazole rings is 1. The molecule has 0 aliphatic carbocycles. The molecule has 3 aromatic rings. The van der Waals surface area contributed by atoms with Gasteiger partial charge >= 0.3 is 0 Å². The second-order valence-electron chi connectivity index (χ2n) is 5.94. The number of hydrogen-bond donors (Lipinski definition) is 1. The van der Waals surface area contributed by atoms with Gasteiger partial charge in [-0.25, -0.2) is 4.98 Å². The van der Waals surface area contributed by atoms with Crippen LogP contribution in [0.1, 0.15) is 28.1 Å². The van der Waals surface area contributed by atoms with E-state index in [1.54, 1.807) is 17.3 Å². The van der Waals surface area contributed by atoms with Crippen LogP contribution in [0, 0.1) is 6.92 Å². The second-order valence-corrected chi connectivity index (χ2v) is 5.94. The minimum absolute atomic E-state index is 0.0663. The van der Waals surface area contributed by atoms with E-state index in [2.05, 4.69) is 15.0 Å². The number of aryl methyl sites for hydroxylation is 1. The quantitative estimate of drug-likeness (QED) is 0.787. The van der Waals surface area contributed by atoms with E-state index >= 15 is 0 Å². The lowest BCUT2D eigenvalue weighted by Gasteiger charge is -2.32. The highest BCUT2D eigenvalue weighted by Crippen LogP contribution is 2.23. The monoisotopic (exact) mass is 322 g/mol. The summed E-state index contributed by atoms with van der Waals surface area (Å²) in [6, 6.07) is 9.72. The van der Waals surface area contributed by atoms with Crippen molar-refractivity contribution in [2.75, 3.05) is 19.7 Å². The predicted octanol–water partition coefficient (Wildman–Crippen LogP) is 2.48. The lowest BCUT2D eigenvalue weighted by Crippen LogP contribution is -2.42. The van der Waals surface area contributed by atoms with Gasteiger partial charge in [0, 0.05) is 30.0 Å². The minimum Gasteiger partial charge on any atom is -0.367 e. The topological polar surface area (TPSA) is 71.1 Å². The number of amides is 1. The highest BCUT2D eigenvalue weighted by Gasteiger charge is 2.29. The summed E-state index contributed by atoms with van der Waals surface area (Å²) in [4.78, 5) is 26.6. The summed E-state index contributed by atoms with van der Waals surface area (Å²) >= 11 is 0. The smallest absolute Gasteiger partial charge is 0.273 e. The first kappa shape index (κ1) is 14.8. The van der Waals surface area contributed by atoms with Crippen molar-refractivity contribution in [2.45, 2.75) is 13.0 Å². The third-order valence-corrected chi connectivity index (χ3v) is 4.26. The molecule has 1 N–H and O–H groups in total. The molecule has 1 saturated heterocycles. The summed E-state index contributed by atoms with van der Waals surface area (Å²) in [7, 11) is 0. The molecule has 0 spiro atoms. The fraction of sp³-hybridized carbons (Fsp3) is 0.278. The number of benzene rings is 1. The van der Waals surface area contributed by atoms with Crippen molar-refractivity contribution < 1.29 is 9.53 Å². The molecule has 24 heavy (non-hydrogen) atoms. The molecule has 3 heterocycles. The normalized spacial score (nSPS) is 18.0. The van der Waals surface area contributed by atoms with Crippen LogP contribution in [-0.4, -0.2) is 45.5 Å². The van der Waals surface area contributed by atoms with Crippen LogP contribution in [0.25, 0.3) is 10.8 Å². The average molecular weight is 322 g/mol. The molecule has 1 aliphatic rings. The number of hydrogen-bond acceptors (Lipinski definition) is 4. The molecule has 1 aliphatic heterocycles. The zero-order chi connectivity index (χ0) is 16.5. The molecule has 0 bridgehead atoms. The lowest BCUT2D eigenvalue weighted by molar-refractivity contribution is -0.0265. The van der Waals surface area contributed by atoms with Crippen LogP contribution in [0.5, 0.6) is 0 Å². The first-order valence-corrected chi connectivity index (χ1v) is 7.98. The molecular formula is C18H18N4O2. The van der Waals surface area contributed by atoms with Crippen LogP contribution in [0.3, 0.4) is 0 Å². The third kappa shape index (κ3) is 2.65. The number of rotatable bonds is 2. The summed E-state index contributed by atoms with van der Waals surface area (Å²) in [6.07, 6.45) is 3.22. The molecule has 1 amide bonds. The Morgan fingerprint density at radius 3 is 3.00 bits per heavy atom. The van der Waals surface area contributed by atoms with Crippen LogP contribution < -0.4 is 0 Å². The summed E-state index contributed by atoms with van der Waals surface area (Å²) in [5.74, 6) is 0.694. The molecule has 6 heteroatoms.